The van der Waals surface area contributed by atoms with Gasteiger partial charge in [0.15, 0.2) is 5.60 Å². The highest BCUT2D eigenvalue weighted by atomic mass is 19.1. The van der Waals surface area contributed by atoms with E-state index in [0.717, 1.165) is 12.2 Å². The molecule has 0 unspecified atom stereocenters. The minimum Gasteiger partial charge on any atom is -0.481 e. The van der Waals surface area contributed by atoms with Crippen molar-refractivity contribution in [3.63, 3.8) is 0 Å². The number of halogens is 1. The minimum atomic E-state index is -2.08. The summed E-state index contributed by atoms with van der Waals surface area (Å²) in [6, 6.07) is 6.18. The van der Waals surface area contributed by atoms with Crippen LogP contribution >= 0.6 is 0 Å². The fourth-order valence-corrected chi connectivity index (χ4v) is 10.2. The Kier molecular flexibility index (Phi) is 18.0. The van der Waals surface area contributed by atoms with Gasteiger partial charge in [-0.25, -0.2) is 14.2 Å². The fourth-order valence-electron chi connectivity index (χ4n) is 10.2. The zero-order chi connectivity index (χ0) is 59.2. The number of carboxylic acid groups (broad SMARTS) is 2. The molecule has 4 aromatic rings. The van der Waals surface area contributed by atoms with Gasteiger partial charge >= 0.3 is 17.9 Å². The second-order valence-corrected chi connectivity index (χ2v) is 19.7. The number of hydrogen-bond donors (Lipinski definition) is 10. The number of fused-ring (bicyclic) bond motifs is 5. The number of carbonyl (C=O) groups excluding carboxylic acids is 9. The van der Waals surface area contributed by atoms with Crippen molar-refractivity contribution in [3.05, 3.63) is 110 Å². The van der Waals surface area contributed by atoms with Gasteiger partial charge in [0.2, 0.25) is 35.4 Å². The topological polar surface area (TPSA) is 389 Å². The number of esters is 1. The zero-order valence-corrected chi connectivity index (χ0v) is 44.2. The lowest BCUT2D eigenvalue weighted by molar-refractivity contribution is -0.172. The minimum absolute atomic E-state index is 0.0225. The lowest BCUT2D eigenvalue weighted by atomic mass is 9.81. The number of aromatic nitrogens is 2. The molecule has 5 heterocycles. The van der Waals surface area contributed by atoms with Gasteiger partial charge in [0.1, 0.15) is 43.9 Å². The predicted molar refractivity (Wildman–Crippen MR) is 280 cm³/mol. The molecule has 1 aliphatic carbocycles. The highest BCUT2D eigenvalue weighted by Crippen LogP contribution is 2.46. The Morgan fingerprint density at radius 3 is 2.22 bits per heavy atom. The van der Waals surface area contributed by atoms with E-state index in [9.17, 15) is 67.7 Å². The largest absolute Gasteiger partial charge is 0.481 e. The number of benzene rings is 2. The van der Waals surface area contributed by atoms with E-state index < -0.39 is 159 Å². The van der Waals surface area contributed by atoms with Gasteiger partial charge in [-0.05, 0) is 60.9 Å². The second-order valence-electron chi connectivity index (χ2n) is 19.7. The number of hydrogen-bond acceptors (Lipinski definition) is 17. The van der Waals surface area contributed by atoms with E-state index >= 15 is 4.39 Å². The van der Waals surface area contributed by atoms with Crippen LogP contribution in [0.3, 0.4) is 0 Å². The summed E-state index contributed by atoms with van der Waals surface area (Å²) < 4.78 is 27.5. The molecule has 0 saturated heterocycles. The van der Waals surface area contributed by atoms with Crippen molar-refractivity contribution in [2.45, 2.75) is 95.3 Å². The molecular weight excluding hydrogens is 1080 g/mol. The normalized spacial score (nSPS) is 17.6. The molecule has 3 aliphatic heterocycles. The predicted octanol–water partition coefficient (Wildman–Crippen LogP) is -2.00. The van der Waals surface area contributed by atoms with Crippen molar-refractivity contribution in [1.82, 2.24) is 51.7 Å². The monoisotopic (exact) mass is 1140 g/mol. The first-order chi connectivity index (χ1) is 39.1. The highest BCUT2D eigenvalue weighted by molar-refractivity contribution is 6.15. The standard InChI is InChI=1S/C54H57FN10O17/c1-3-54(80)31-16-37-48-29(22-64(37)51(76)30(31)23-82-53(54)79)47-33(10-9-28-26(2)32(55)17-35(63-48)46(28)47)61-42(69)24-81-25-60-40(67)20-58-49(74)36(15-27-7-5-4-6-8-27)62-41(68)21-57-39(66)19-59-50(75)38(65-43(70)12-13-44(65)71)18-56-34(52(77)78)11-14-45(72)73/h4-8,12-13,16-17,33-34,36,38,56,80H,3,9-11,14-15,18-25H2,1-2H3,(H,57,66)(H,58,74)(H,59,75)(H,60,67)(H,61,69)(H,62,68)(H,72,73)(H,77,78)/t33-,34-,36-,38-,54-/m0/s1. The Morgan fingerprint density at radius 1 is 0.854 bits per heavy atom. The molecule has 0 bridgehead atoms. The molecule has 2 aromatic carbocycles. The van der Waals surface area contributed by atoms with E-state index in [1.165, 1.54) is 10.6 Å². The van der Waals surface area contributed by atoms with E-state index in [1.807, 2.05) is 0 Å². The molecule has 5 atom stereocenters. The number of rotatable bonds is 25. The quantitative estimate of drug-likeness (QED) is 0.0131. The lowest BCUT2D eigenvalue weighted by Crippen LogP contribution is -2.57. The van der Waals surface area contributed by atoms with Crippen LogP contribution in [0.25, 0.3) is 22.3 Å². The molecule has 0 spiro atoms. The summed E-state index contributed by atoms with van der Waals surface area (Å²) in [7, 11) is 0. The van der Waals surface area contributed by atoms with E-state index in [-0.39, 0.29) is 42.6 Å². The van der Waals surface area contributed by atoms with Gasteiger partial charge in [-0.2, -0.15) is 0 Å². The summed E-state index contributed by atoms with van der Waals surface area (Å²) in [6.45, 7) is -0.844. The van der Waals surface area contributed by atoms with Gasteiger partial charge in [0.25, 0.3) is 17.4 Å². The maximum atomic E-state index is 15.4. The molecule has 2 aromatic heterocycles. The summed E-state index contributed by atoms with van der Waals surface area (Å²) >= 11 is 0. The number of nitrogens with zero attached hydrogens (tertiary/aromatic N) is 3. The molecule has 8 amide bonds. The van der Waals surface area contributed by atoms with Crippen molar-refractivity contribution in [2.24, 2.45) is 0 Å². The maximum Gasteiger partial charge on any atom is 0.343 e. The van der Waals surface area contributed by atoms with Gasteiger partial charge in [0.05, 0.1) is 54.7 Å². The third-order valence-electron chi connectivity index (χ3n) is 14.5. The number of nitrogens with one attached hydrogen (secondary N) is 7. The molecule has 0 radical (unpaired) electrons. The van der Waals surface area contributed by atoms with Crippen LogP contribution in [0.4, 0.5) is 4.39 Å². The Balaban J connectivity index is 0.829. The van der Waals surface area contributed by atoms with Crippen LogP contribution in [0, 0.1) is 12.7 Å². The number of cyclic esters (lactones) is 1. The maximum absolute atomic E-state index is 15.4. The smallest absolute Gasteiger partial charge is 0.343 e. The Labute approximate surface area is 464 Å². The molecule has 10 N–H and O–H groups in total. The van der Waals surface area contributed by atoms with Crippen LogP contribution in [0.2, 0.25) is 0 Å². The van der Waals surface area contributed by atoms with Gasteiger partial charge in [0, 0.05) is 54.1 Å². The first kappa shape index (κ1) is 58.9. The van der Waals surface area contributed by atoms with Crippen molar-refractivity contribution < 1.29 is 81.9 Å². The van der Waals surface area contributed by atoms with E-state index in [1.54, 1.807) is 50.2 Å². The number of aliphatic hydroxyl groups is 1. The molecule has 82 heavy (non-hydrogen) atoms. The molecular formula is C54H57FN10O17. The first-order valence-electron chi connectivity index (χ1n) is 25.9. The van der Waals surface area contributed by atoms with Gasteiger partial charge in [-0.15, -0.1) is 0 Å². The fraction of sp³-hybridized carbons (Fsp3) is 0.389. The number of imide groups is 1. The number of aryl methyl sites for hydroxylation is 1. The summed E-state index contributed by atoms with van der Waals surface area (Å²) in [5.74, 6) is -11.0. The zero-order valence-electron chi connectivity index (χ0n) is 44.2. The highest BCUT2D eigenvalue weighted by Gasteiger charge is 2.46. The summed E-state index contributed by atoms with van der Waals surface area (Å²) in [6.07, 6.45) is 1.37. The Bertz CT molecular complexity index is 3410. The Hall–Kier alpha value is -9.28. The number of pyridine rings is 2. The number of carbonyl (C=O) groups is 11. The summed E-state index contributed by atoms with van der Waals surface area (Å²) in [5.41, 5.74) is 1.48. The van der Waals surface area contributed by atoms with Crippen molar-refractivity contribution in [1.29, 1.82) is 0 Å². The van der Waals surface area contributed by atoms with Gasteiger partial charge < -0.3 is 66.6 Å². The van der Waals surface area contributed by atoms with Crippen LogP contribution in [0.1, 0.15) is 77.6 Å². The Morgan fingerprint density at radius 2 is 1.54 bits per heavy atom. The van der Waals surface area contributed by atoms with Gasteiger partial charge in [-0.3, -0.25) is 57.6 Å². The van der Waals surface area contributed by atoms with Crippen LogP contribution < -0.4 is 42.8 Å². The SMILES string of the molecule is CC[C@@]1(O)C(=O)OCc2c1cc1n(c2=O)Cc2c-1nc1cc(F)c(C)c3c1c2[C@@H](NC(=O)COCNC(=O)CNC(=O)[C@H](Cc1ccccc1)NC(=O)CNC(=O)CNC(=O)[C@H](CN[C@@H](CCC(=O)O)C(=O)O)N1C(=O)C=CC1=O)CC3. The van der Waals surface area contributed by atoms with Crippen LogP contribution in [0.5, 0.6) is 0 Å². The number of ether oxygens (including phenoxy) is 2. The molecule has 4 aliphatic rings. The molecule has 8 rings (SSSR count). The first-order valence-corrected chi connectivity index (χ1v) is 25.9. The second kappa shape index (κ2) is 25.0. The number of carboxylic acids is 2. The van der Waals surface area contributed by atoms with E-state index in [2.05, 4.69) is 37.2 Å². The van der Waals surface area contributed by atoms with E-state index in [4.69, 9.17) is 19.6 Å². The van der Waals surface area contributed by atoms with Gasteiger partial charge in [-0.1, -0.05) is 37.3 Å². The molecule has 432 valence electrons. The lowest BCUT2D eigenvalue weighted by Gasteiger charge is -2.31. The molecule has 28 heteroatoms. The molecule has 0 saturated carbocycles. The van der Waals surface area contributed by atoms with Crippen molar-refractivity contribution in [3.8, 4) is 11.4 Å². The third-order valence-corrected chi connectivity index (χ3v) is 14.5. The third kappa shape index (κ3) is 12.7. The van der Waals surface area contributed by atoms with Crippen LogP contribution in [0.15, 0.2) is 59.4 Å². The molecule has 27 nitrogen and oxygen atoms in total. The van der Waals surface area contributed by atoms with Crippen molar-refractivity contribution >= 4 is 76.1 Å². The average molecular weight is 1140 g/mol. The summed E-state index contributed by atoms with van der Waals surface area (Å²) in [5, 5.41) is 47.7. The van der Waals surface area contributed by atoms with E-state index in [0.29, 0.717) is 62.3 Å². The van der Waals surface area contributed by atoms with Crippen molar-refractivity contribution in [2.75, 3.05) is 39.5 Å². The van der Waals surface area contributed by atoms with Crippen LogP contribution in [-0.4, -0.2) is 153 Å². The summed E-state index contributed by atoms with van der Waals surface area (Å²) in [4.78, 5) is 159. The number of aliphatic carboxylic acids is 2. The number of amides is 8. The van der Waals surface area contributed by atoms with Crippen LogP contribution in [-0.2, 0) is 93.8 Å². The average Bonchev–Trinajstić information content (AvgIpc) is 1.75. The molecule has 0 fully saturated rings.